The van der Waals surface area contributed by atoms with Gasteiger partial charge in [-0.05, 0) is 42.8 Å². The number of ether oxygens (including phenoxy) is 1. The molecule has 0 saturated carbocycles. The fraction of sp³-hybridized carbons (Fsp3) is 0.176. The zero-order chi connectivity index (χ0) is 15.4. The summed E-state index contributed by atoms with van der Waals surface area (Å²) in [4.78, 5) is 0. The van der Waals surface area contributed by atoms with Crippen LogP contribution in [0.15, 0.2) is 59.0 Å². The SMILES string of the molecule is CCC(Oc1ccccc1)c1nnc(-c2ccc(F)cc2)o1. The van der Waals surface area contributed by atoms with Crippen LogP contribution < -0.4 is 4.74 Å². The summed E-state index contributed by atoms with van der Waals surface area (Å²) < 4.78 is 24.5. The second-order valence-electron chi connectivity index (χ2n) is 4.78. The van der Waals surface area contributed by atoms with Gasteiger partial charge in [-0.3, -0.25) is 0 Å². The van der Waals surface area contributed by atoms with Gasteiger partial charge in [0.25, 0.3) is 5.89 Å². The maximum absolute atomic E-state index is 12.9. The normalized spacial score (nSPS) is 12.1. The number of hydrogen-bond donors (Lipinski definition) is 0. The Hall–Kier alpha value is -2.69. The lowest BCUT2D eigenvalue weighted by Gasteiger charge is -2.13. The Kier molecular flexibility index (Phi) is 4.14. The molecule has 0 aliphatic rings. The van der Waals surface area contributed by atoms with Crippen LogP contribution in [0.5, 0.6) is 5.75 Å². The first-order chi connectivity index (χ1) is 10.8. The lowest BCUT2D eigenvalue weighted by molar-refractivity contribution is 0.166. The molecule has 0 radical (unpaired) electrons. The van der Waals surface area contributed by atoms with E-state index in [4.69, 9.17) is 9.15 Å². The smallest absolute Gasteiger partial charge is 0.257 e. The molecule has 2 aromatic carbocycles. The predicted molar refractivity (Wildman–Crippen MR) is 79.8 cm³/mol. The molecule has 0 bridgehead atoms. The van der Waals surface area contributed by atoms with E-state index < -0.39 is 0 Å². The number of rotatable bonds is 5. The van der Waals surface area contributed by atoms with Gasteiger partial charge in [0.1, 0.15) is 11.6 Å². The Morgan fingerprint density at radius 1 is 1.05 bits per heavy atom. The molecule has 22 heavy (non-hydrogen) atoms. The molecule has 3 aromatic rings. The van der Waals surface area contributed by atoms with Crippen molar-refractivity contribution in [3.63, 3.8) is 0 Å². The van der Waals surface area contributed by atoms with Crippen LogP contribution in [0.3, 0.4) is 0 Å². The van der Waals surface area contributed by atoms with Crippen LogP contribution in [0.1, 0.15) is 25.3 Å². The third-order valence-electron chi connectivity index (χ3n) is 3.20. The molecule has 0 N–H and O–H groups in total. The Labute approximate surface area is 127 Å². The van der Waals surface area contributed by atoms with E-state index in [2.05, 4.69) is 10.2 Å². The minimum atomic E-state index is -0.316. The zero-order valence-electron chi connectivity index (χ0n) is 12.1. The van der Waals surface area contributed by atoms with Crippen molar-refractivity contribution >= 4 is 0 Å². The summed E-state index contributed by atoms with van der Waals surface area (Å²) in [6.45, 7) is 1.98. The first-order valence-corrected chi connectivity index (χ1v) is 7.07. The van der Waals surface area contributed by atoms with Crippen LogP contribution in [0.4, 0.5) is 4.39 Å². The van der Waals surface area contributed by atoms with Gasteiger partial charge in [0, 0.05) is 5.56 Å². The van der Waals surface area contributed by atoms with Crippen LogP contribution in [-0.2, 0) is 0 Å². The summed E-state index contributed by atoms with van der Waals surface area (Å²) in [5.41, 5.74) is 0.676. The summed E-state index contributed by atoms with van der Waals surface area (Å²) in [6.07, 6.45) is 0.379. The zero-order valence-corrected chi connectivity index (χ0v) is 12.1. The van der Waals surface area contributed by atoms with Gasteiger partial charge in [-0.1, -0.05) is 25.1 Å². The van der Waals surface area contributed by atoms with Crippen LogP contribution in [0, 0.1) is 5.82 Å². The molecule has 0 spiro atoms. The maximum atomic E-state index is 12.9. The number of nitrogens with zero attached hydrogens (tertiary/aromatic N) is 2. The highest BCUT2D eigenvalue weighted by molar-refractivity contribution is 5.51. The van der Waals surface area contributed by atoms with Crippen LogP contribution in [0.25, 0.3) is 11.5 Å². The molecular formula is C17H15FN2O2. The number of para-hydroxylation sites is 1. The van der Waals surface area contributed by atoms with Gasteiger partial charge in [0.15, 0.2) is 6.10 Å². The van der Waals surface area contributed by atoms with Crippen molar-refractivity contribution in [2.24, 2.45) is 0 Å². The molecule has 0 amide bonds. The van der Waals surface area contributed by atoms with Gasteiger partial charge >= 0.3 is 0 Å². The van der Waals surface area contributed by atoms with Crippen molar-refractivity contribution in [3.8, 4) is 17.2 Å². The first kappa shape index (κ1) is 14.3. The Bertz CT molecular complexity index is 726. The van der Waals surface area contributed by atoms with Crippen LogP contribution in [0.2, 0.25) is 0 Å². The van der Waals surface area contributed by atoms with Gasteiger partial charge in [-0.25, -0.2) is 4.39 Å². The summed E-state index contributed by atoms with van der Waals surface area (Å²) in [5, 5.41) is 8.05. The quantitative estimate of drug-likeness (QED) is 0.700. The van der Waals surface area contributed by atoms with Gasteiger partial charge in [0.05, 0.1) is 0 Å². The predicted octanol–water partition coefficient (Wildman–Crippen LogP) is 4.41. The van der Waals surface area contributed by atoms with Gasteiger partial charge < -0.3 is 9.15 Å². The van der Waals surface area contributed by atoms with E-state index in [1.807, 2.05) is 37.3 Å². The van der Waals surface area contributed by atoms with E-state index in [-0.39, 0.29) is 11.9 Å². The molecule has 112 valence electrons. The van der Waals surface area contributed by atoms with Crippen molar-refractivity contribution < 1.29 is 13.5 Å². The highest BCUT2D eigenvalue weighted by atomic mass is 19.1. The van der Waals surface area contributed by atoms with E-state index in [1.54, 1.807) is 12.1 Å². The standard InChI is InChI=1S/C17H15FN2O2/c1-2-15(21-14-6-4-3-5-7-14)17-20-19-16(22-17)12-8-10-13(18)11-9-12/h3-11,15H,2H2,1H3. The second kappa shape index (κ2) is 6.39. The van der Waals surface area contributed by atoms with E-state index in [9.17, 15) is 4.39 Å². The van der Waals surface area contributed by atoms with Crippen molar-refractivity contribution in [2.75, 3.05) is 0 Å². The monoisotopic (exact) mass is 298 g/mol. The van der Waals surface area contributed by atoms with E-state index >= 15 is 0 Å². The molecular weight excluding hydrogens is 283 g/mol. The minimum absolute atomic E-state index is 0.303. The third kappa shape index (κ3) is 3.14. The lowest BCUT2D eigenvalue weighted by atomic mass is 10.2. The summed E-state index contributed by atoms with van der Waals surface area (Å²) >= 11 is 0. The molecule has 4 nitrogen and oxygen atoms in total. The molecule has 0 aliphatic carbocycles. The van der Waals surface area contributed by atoms with Crippen molar-refractivity contribution in [1.29, 1.82) is 0 Å². The number of halogens is 1. The van der Waals surface area contributed by atoms with Gasteiger partial charge in [-0.15, -0.1) is 10.2 Å². The third-order valence-corrected chi connectivity index (χ3v) is 3.20. The summed E-state index contributed by atoms with van der Waals surface area (Å²) in [5.74, 6) is 1.20. The minimum Gasteiger partial charge on any atom is -0.481 e. The molecule has 1 unspecified atom stereocenters. The largest absolute Gasteiger partial charge is 0.481 e. The highest BCUT2D eigenvalue weighted by Crippen LogP contribution is 2.26. The average molecular weight is 298 g/mol. The molecule has 0 fully saturated rings. The molecule has 0 saturated heterocycles. The van der Waals surface area contributed by atoms with Crippen molar-refractivity contribution in [2.45, 2.75) is 19.4 Å². The Balaban J connectivity index is 1.80. The summed E-state index contributed by atoms with van der Waals surface area (Å²) in [7, 11) is 0. The molecule has 1 aromatic heterocycles. The molecule has 5 heteroatoms. The fourth-order valence-corrected chi connectivity index (χ4v) is 2.05. The van der Waals surface area contributed by atoms with E-state index in [1.165, 1.54) is 12.1 Å². The first-order valence-electron chi connectivity index (χ1n) is 7.07. The molecule has 0 aliphatic heterocycles. The molecule has 1 atom stereocenters. The maximum Gasteiger partial charge on any atom is 0.257 e. The van der Waals surface area contributed by atoms with E-state index in [0.717, 1.165) is 5.75 Å². The van der Waals surface area contributed by atoms with Crippen molar-refractivity contribution in [1.82, 2.24) is 10.2 Å². The number of hydrogen-bond acceptors (Lipinski definition) is 4. The fourth-order valence-electron chi connectivity index (χ4n) is 2.05. The molecule has 3 rings (SSSR count). The van der Waals surface area contributed by atoms with Gasteiger partial charge in [-0.2, -0.15) is 0 Å². The average Bonchev–Trinajstić information content (AvgIpc) is 3.04. The van der Waals surface area contributed by atoms with Crippen LogP contribution in [-0.4, -0.2) is 10.2 Å². The lowest BCUT2D eigenvalue weighted by Crippen LogP contribution is -2.06. The molecule has 1 heterocycles. The topological polar surface area (TPSA) is 48.2 Å². The number of aromatic nitrogens is 2. The number of benzene rings is 2. The van der Waals surface area contributed by atoms with E-state index in [0.29, 0.717) is 23.8 Å². The Morgan fingerprint density at radius 3 is 2.45 bits per heavy atom. The Morgan fingerprint density at radius 2 is 1.77 bits per heavy atom. The van der Waals surface area contributed by atoms with Crippen molar-refractivity contribution in [3.05, 3.63) is 66.3 Å². The highest BCUT2D eigenvalue weighted by Gasteiger charge is 2.19. The second-order valence-corrected chi connectivity index (χ2v) is 4.78. The van der Waals surface area contributed by atoms with Gasteiger partial charge in [0.2, 0.25) is 5.89 Å². The van der Waals surface area contributed by atoms with Crippen LogP contribution >= 0.6 is 0 Å². The summed E-state index contributed by atoms with van der Waals surface area (Å²) in [6, 6.07) is 15.4.